The second-order valence-corrected chi connectivity index (χ2v) is 4.94. The van der Waals surface area contributed by atoms with Crippen LogP contribution in [0.5, 0.6) is 0 Å². The van der Waals surface area contributed by atoms with Crippen LogP contribution >= 0.6 is 0 Å². The molecule has 1 heterocycles. The third-order valence-electron chi connectivity index (χ3n) is 3.50. The second kappa shape index (κ2) is 6.70. The fourth-order valence-electron chi connectivity index (χ4n) is 2.23. The molecule has 1 saturated heterocycles. The zero-order valence-corrected chi connectivity index (χ0v) is 11.0. The maximum absolute atomic E-state index is 12.2. The molecule has 1 aliphatic rings. The predicted octanol–water partition coefficient (Wildman–Crippen LogP) is -0.160. The first-order valence-corrected chi connectivity index (χ1v) is 6.27. The standard InChI is InChI=1S/C12H22N2O4/c1-9(2)12(3-4-13-8-12)11(17)14-5-6-18-7-10(15)16/h9,13H,3-8H2,1-2H3,(H,14,17)(H,15,16). The molecular formula is C12H22N2O4. The molecule has 0 aliphatic carbocycles. The largest absolute Gasteiger partial charge is 0.480 e. The Morgan fingerprint density at radius 3 is 2.72 bits per heavy atom. The van der Waals surface area contributed by atoms with Gasteiger partial charge < -0.3 is 20.5 Å². The van der Waals surface area contributed by atoms with E-state index in [4.69, 9.17) is 9.84 Å². The Kier molecular flexibility index (Phi) is 5.55. The van der Waals surface area contributed by atoms with Gasteiger partial charge in [0.15, 0.2) is 0 Å². The number of ether oxygens (including phenoxy) is 1. The van der Waals surface area contributed by atoms with E-state index in [0.717, 1.165) is 13.0 Å². The molecule has 1 atom stereocenters. The van der Waals surface area contributed by atoms with E-state index in [2.05, 4.69) is 10.6 Å². The minimum absolute atomic E-state index is 0.0291. The smallest absolute Gasteiger partial charge is 0.329 e. The summed E-state index contributed by atoms with van der Waals surface area (Å²) in [5.41, 5.74) is -0.340. The minimum atomic E-state index is -1.00. The molecule has 3 N–H and O–H groups in total. The van der Waals surface area contributed by atoms with Crippen LogP contribution in [-0.4, -0.2) is 49.8 Å². The number of rotatable bonds is 7. The zero-order valence-electron chi connectivity index (χ0n) is 11.0. The van der Waals surface area contributed by atoms with Crippen LogP contribution in [0.3, 0.4) is 0 Å². The van der Waals surface area contributed by atoms with Crippen LogP contribution in [0.2, 0.25) is 0 Å². The summed E-state index contributed by atoms with van der Waals surface area (Å²) in [4.78, 5) is 22.4. The number of carbonyl (C=O) groups is 2. The lowest BCUT2D eigenvalue weighted by atomic mass is 9.75. The van der Waals surface area contributed by atoms with E-state index in [1.807, 2.05) is 13.8 Å². The fourth-order valence-corrected chi connectivity index (χ4v) is 2.23. The Morgan fingerprint density at radius 2 is 2.22 bits per heavy atom. The number of carboxylic acid groups (broad SMARTS) is 1. The van der Waals surface area contributed by atoms with E-state index in [1.54, 1.807) is 0 Å². The molecule has 6 heteroatoms. The molecule has 0 radical (unpaired) electrons. The average molecular weight is 258 g/mol. The van der Waals surface area contributed by atoms with Crippen LogP contribution in [0.15, 0.2) is 0 Å². The van der Waals surface area contributed by atoms with Gasteiger partial charge in [0.25, 0.3) is 0 Å². The maximum Gasteiger partial charge on any atom is 0.329 e. The first-order valence-electron chi connectivity index (χ1n) is 6.27. The monoisotopic (exact) mass is 258 g/mol. The number of amides is 1. The maximum atomic E-state index is 12.2. The molecule has 1 rings (SSSR count). The number of hydrogen-bond donors (Lipinski definition) is 3. The van der Waals surface area contributed by atoms with E-state index < -0.39 is 5.97 Å². The lowest BCUT2D eigenvalue weighted by molar-refractivity contribution is -0.142. The number of hydrogen-bond acceptors (Lipinski definition) is 4. The van der Waals surface area contributed by atoms with Crippen molar-refractivity contribution < 1.29 is 19.4 Å². The first-order chi connectivity index (χ1) is 8.49. The zero-order chi connectivity index (χ0) is 13.6. The molecule has 0 aromatic heterocycles. The van der Waals surface area contributed by atoms with Crippen molar-refractivity contribution in [2.75, 3.05) is 32.8 Å². The highest BCUT2D eigenvalue weighted by Crippen LogP contribution is 2.34. The minimum Gasteiger partial charge on any atom is -0.480 e. The predicted molar refractivity (Wildman–Crippen MR) is 66.2 cm³/mol. The second-order valence-electron chi connectivity index (χ2n) is 4.94. The van der Waals surface area contributed by atoms with Gasteiger partial charge in [-0.1, -0.05) is 13.8 Å². The van der Waals surface area contributed by atoms with Crippen LogP contribution < -0.4 is 10.6 Å². The summed E-state index contributed by atoms with van der Waals surface area (Å²) < 4.78 is 4.87. The van der Waals surface area contributed by atoms with Crippen LogP contribution in [0, 0.1) is 11.3 Å². The SMILES string of the molecule is CC(C)C1(C(=O)NCCOCC(=O)O)CCNC1. The van der Waals surface area contributed by atoms with E-state index in [9.17, 15) is 9.59 Å². The topological polar surface area (TPSA) is 87.7 Å². The van der Waals surface area contributed by atoms with Gasteiger partial charge in [0, 0.05) is 13.1 Å². The third-order valence-corrected chi connectivity index (χ3v) is 3.50. The number of carboxylic acids is 1. The number of aliphatic carboxylic acids is 1. The molecular weight excluding hydrogens is 236 g/mol. The van der Waals surface area contributed by atoms with Gasteiger partial charge in [0.2, 0.25) is 5.91 Å². The average Bonchev–Trinajstić information content (AvgIpc) is 2.78. The summed E-state index contributed by atoms with van der Waals surface area (Å²) in [5.74, 6) is -0.700. The van der Waals surface area contributed by atoms with E-state index >= 15 is 0 Å². The van der Waals surface area contributed by atoms with E-state index in [1.165, 1.54) is 0 Å². The van der Waals surface area contributed by atoms with Crippen molar-refractivity contribution in [1.82, 2.24) is 10.6 Å². The molecule has 18 heavy (non-hydrogen) atoms. The van der Waals surface area contributed by atoms with Gasteiger partial charge >= 0.3 is 5.97 Å². The van der Waals surface area contributed by atoms with Gasteiger partial charge in [-0.3, -0.25) is 4.79 Å². The van der Waals surface area contributed by atoms with Gasteiger partial charge in [-0.05, 0) is 18.9 Å². The Labute approximate surface area is 107 Å². The highest BCUT2D eigenvalue weighted by atomic mass is 16.5. The van der Waals surface area contributed by atoms with Crippen LogP contribution in [0.1, 0.15) is 20.3 Å². The molecule has 1 unspecified atom stereocenters. The Bertz CT molecular complexity index is 298. The van der Waals surface area contributed by atoms with Gasteiger partial charge in [0.1, 0.15) is 6.61 Å². The highest BCUT2D eigenvalue weighted by molar-refractivity contribution is 5.83. The van der Waals surface area contributed by atoms with Crippen LogP contribution in [0.25, 0.3) is 0 Å². The lowest BCUT2D eigenvalue weighted by Crippen LogP contribution is -2.46. The quantitative estimate of drug-likeness (QED) is 0.552. The first kappa shape index (κ1) is 14.9. The molecule has 6 nitrogen and oxygen atoms in total. The van der Waals surface area contributed by atoms with Crippen molar-refractivity contribution in [3.05, 3.63) is 0 Å². The van der Waals surface area contributed by atoms with Gasteiger partial charge in [-0.2, -0.15) is 0 Å². The Balaban J connectivity index is 2.32. The number of nitrogens with one attached hydrogen (secondary N) is 2. The summed E-state index contributed by atoms with van der Waals surface area (Å²) in [6.07, 6.45) is 0.840. The molecule has 0 saturated carbocycles. The van der Waals surface area contributed by atoms with E-state index in [-0.39, 0.29) is 30.5 Å². The van der Waals surface area contributed by atoms with Crippen molar-refractivity contribution in [1.29, 1.82) is 0 Å². The normalized spacial score (nSPS) is 23.3. The molecule has 0 aromatic carbocycles. The van der Waals surface area contributed by atoms with Crippen molar-refractivity contribution in [2.24, 2.45) is 11.3 Å². The van der Waals surface area contributed by atoms with Gasteiger partial charge in [-0.15, -0.1) is 0 Å². The summed E-state index contributed by atoms with van der Waals surface area (Å²) in [5, 5.41) is 14.4. The lowest BCUT2D eigenvalue weighted by Gasteiger charge is -2.31. The van der Waals surface area contributed by atoms with Gasteiger partial charge in [-0.25, -0.2) is 4.79 Å². The molecule has 1 aliphatic heterocycles. The van der Waals surface area contributed by atoms with Crippen molar-refractivity contribution in [2.45, 2.75) is 20.3 Å². The van der Waals surface area contributed by atoms with Gasteiger partial charge in [0.05, 0.1) is 12.0 Å². The molecule has 1 amide bonds. The molecule has 1 fully saturated rings. The molecule has 0 spiro atoms. The number of carbonyl (C=O) groups excluding carboxylic acids is 1. The molecule has 0 bridgehead atoms. The summed E-state index contributed by atoms with van der Waals surface area (Å²) in [7, 11) is 0. The summed E-state index contributed by atoms with van der Waals surface area (Å²) in [6.45, 7) is 5.90. The Hall–Kier alpha value is -1.14. The summed E-state index contributed by atoms with van der Waals surface area (Å²) >= 11 is 0. The van der Waals surface area contributed by atoms with Crippen molar-refractivity contribution in [3.8, 4) is 0 Å². The van der Waals surface area contributed by atoms with Crippen molar-refractivity contribution >= 4 is 11.9 Å². The Morgan fingerprint density at radius 1 is 1.50 bits per heavy atom. The van der Waals surface area contributed by atoms with Crippen molar-refractivity contribution in [3.63, 3.8) is 0 Å². The highest BCUT2D eigenvalue weighted by Gasteiger charge is 2.43. The van der Waals surface area contributed by atoms with Crippen LogP contribution in [-0.2, 0) is 14.3 Å². The third kappa shape index (κ3) is 3.68. The van der Waals surface area contributed by atoms with E-state index in [0.29, 0.717) is 13.1 Å². The summed E-state index contributed by atoms with van der Waals surface area (Å²) in [6, 6.07) is 0. The molecule has 0 aromatic rings. The molecule has 104 valence electrons. The van der Waals surface area contributed by atoms with Crippen LogP contribution in [0.4, 0.5) is 0 Å². The fraction of sp³-hybridized carbons (Fsp3) is 0.833.